The third kappa shape index (κ3) is 3.63. The number of carbonyl (C=O) groups excluding carboxylic acids is 2. The van der Waals surface area contributed by atoms with Crippen LogP contribution in [0.15, 0.2) is 24.3 Å². The number of hydrogen-bond acceptors (Lipinski definition) is 3. The van der Waals surface area contributed by atoms with Crippen molar-refractivity contribution >= 4 is 17.5 Å². The van der Waals surface area contributed by atoms with Gasteiger partial charge in [-0.1, -0.05) is 18.9 Å². The number of piperidine rings is 1. The van der Waals surface area contributed by atoms with Gasteiger partial charge in [-0.15, -0.1) is 0 Å². The summed E-state index contributed by atoms with van der Waals surface area (Å²) in [6.07, 6.45) is 8.59. The topological polar surface area (TPSA) is 58.6 Å². The molecule has 0 unspecified atom stereocenters. The fraction of sp³-hybridized carbons (Fsp3) is 0.619. The predicted octanol–water partition coefficient (Wildman–Crippen LogP) is 3.60. The number of benzene rings is 1. The first-order valence-corrected chi connectivity index (χ1v) is 10.1. The van der Waals surface area contributed by atoms with E-state index in [1.165, 1.54) is 25.7 Å². The van der Waals surface area contributed by atoms with E-state index in [1.54, 1.807) is 0 Å². The molecule has 1 N–H and O–H groups in total. The Morgan fingerprint density at radius 3 is 2.73 bits per heavy atom. The Bertz CT molecular complexity index is 667. The number of anilines is 1. The van der Waals surface area contributed by atoms with E-state index in [9.17, 15) is 9.59 Å². The highest BCUT2D eigenvalue weighted by Crippen LogP contribution is 2.36. The number of nitrogens with zero attached hydrogens (tertiary/aromatic N) is 1. The van der Waals surface area contributed by atoms with Crippen molar-refractivity contribution in [3.8, 4) is 0 Å². The highest BCUT2D eigenvalue weighted by atomic mass is 16.5. The van der Waals surface area contributed by atoms with Gasteiger partial charge < -0.3 is 15.0 Å². The van der Waals surface area contributed by atoms with Gasteiger partial charge in [-0.25, -0.2) is 0 Å². The van der Waals surface area contributed by atoms with Crippen LogP contribution in [0.1, 0.15) is 61.7 Å². The SMILES string of the molecule is O=C(Nc1cccc(C(=O)N2CCC[C@@H]3CCCC[C@H]32)c1)[C@H]1CCCO1. The van der Waals surface area contributed by atoms with Gasteiger partial charge in [0.1, 0.15) is 6.10 Å². The number of fused-ring (bicyclic) bond motifs is 1. The Kier molecular flexibility index (Phi) is 5.25. The molecular weight excluding hydrogens is 328 g/mol. The molecule has 3 fully saturated rings. The minimum Gasteiger partial charge on any atom is -0.368 e. The number of amides is 2. The van der Waals surface area contributed by atoms with Gasteiger partial charge in [0.25, 0.3) is 11.8 Å². The van der Waals surface area contributed by atoms with E-state index in [0.29, 0.717) is 29.8 Å². The summed E-state index contributed by atoms with van der Waals surface area (Å²) in [5.41, 5.74) is 1.34. The molecule has 0 aromatic heterocycles. The largest absolute Gasteiger partial charge is 0.368 e. The van der Waals surface area contributed by atoms with Crippen LogP contribution >= 0.6 is 0 Å². The normalized spacial score (nSPS) is 28.5. The minimum atomic E-state index is -0.362. The molecule has 1 aromatic carbocycles. The number of ether oxygens (including phenoxy) is 1. The lowest BCUT2D eigenvalue weighted by atomic mass is 9.78. The smallest absolute Gasteiger partial charge is 0.254 e. The van der Waals surface area contributed by atoms with E-state index in [4.69, 9.17) is 4.74 Å². The van der Waals surface area contributed by atoms with Gasteiger partial charge in [0.15, 0.2) is 0 Å². The van der Waals surface area contributed by atoms with Crippen molar-refractivity contribution in [2.45, 2.75) is 63.5 Å². The quantitative estimate of drug-likeness (QED) is 0.900. The monoisotopic (exact) mass is 356 g/mol. The molecule has 1 aliphatic carbocycles. The van der Waals surface area contributed by atoms with Crippen molar-refractivity contribution in [2.75, 3.05) is 18.5 Å². The summed E-state index contributed by atoms with van der Waals surface area (Å²) in [6, 6.07) is 7.75. The molecule has 2 heterocycles. The fourth-order valence-electron chi connectivity index (χ4n) is 4.78. The number of carbonyl (C=O) groups is 2. The van der Waals surface area contributed by atoms with Crippen molar-refractivity contribution in [1.82, 2.24) is 4.90 Å². The third-order valence-electron chi connectivity index (χ3n) is 6.10. The summed E-state index contributed by atoms with van der Waals surface area (Å²) < 4.78 is 5.43. The molecule has 5 heteroatoms. The van der Waals surface area contributed by atoms with Crippen molar-refractivity contribution in [3.05, 3.63) is 29.8 Å². The molecule has 2 saturated heterocycles. The molecule has 1 saturated carbocycles. The lowest BCUT2D eigenvalue weighted by Gasteiger charge is -2.44. The molecule has 2 amide bonds. The average Bonchev–Trinajstić information content (AvgIpc) is 3.22. The van der Waals surface area contributed by atoms with Gasteiger partial charge in [0.05, 0.1) is 0 Å². The van der Waals surface area contributed by atoms with Crippen LogP contribution in [0.4, 0.5) is 5.69 Å². The predicted molar refractivity (Wildman–Crippen MR) is 100 cm³/mol. The molecule has 0 radical (unpaired) electrons. The van der Waals surface area contributed by atoms with Crippen LogP contribution in [0.25, 0.3) is 0 Å². The lowest BCUT2D eigenvalue weighted by molar-refractivity contribution is -0.124. The molecule has 3 aliphatic rings. The van der Waals surface area contributed by atoms with Gasteiger partial charge in [0.2, 0.25) is 0 Å². The first-order valence-electron chi connectivity index (χ1n) is 10.1. The molecule has 26 heavy (non-hydrogen) atoms. The summed E-state index contributed by atoms with van der Waals surface area (Å²) >= 11 is 0. The molecule has 2 aliphatic heterocycles. The van der Waals surface area contributed by atoms with Crippen molar-refractivity contribution in [1.29, 1.82) is 0 Å². The zero-order valence-corrected chi connectivity index (χ0v) is 15.3. The van der Waals surface area contributed by atoms with Gasteiger partial charge in [0, 0.05) is 30.4 Å². The number of hydrogen-bond donors (Lipinski definition) is 1. The zero-order valence-electron chi connectivity index (χ0n) is 15.3. The standard InChI is InChI=1S/C21H28N2O3/c24-20(19-11-5-13-26-19)22-17-9-3-7-16(14-17)21(25)23-12-4-8-15-6-1-2-10-18(15)23/h3,7,9,14-15,18-19H,1-2,4-6,8,10-13H2,(H,22,24)/t15-,18+,19+/m0/s1. The Balaban J connectivity index is 1.46. The molecule has 0 bridgehead atoms. The zero-order chi connectivity index (χ0) is 17.9. The second-order valence-corrected chi connectivity index (χ2v) is 7.82. The van der Waals surface area contributed by atoms with Crippen LogP contribution in [-0.4, -0.2) is 42.0 Å². The van der Waals surface area contributed by atoms with E-state index in [2.05, 4.69) is 10.2 Å². The maximum atomic E-state index is 13.1. The van der Waals surface area contributed by atoms with E-state index in [-0.39, 0.29) is 17.9 Å². The maximum Gasteiger partial charge on any atom is 0.254 e. The van der Waals surface area contributed by atoms with E-state index in [0.717, 1.165) is 32.2 Å². The van der Waals surface area contributed by atoms with Crippen LogP contribution < -0.4 is 5.32 Å². The highest BCUT2D eigenvalue weighted by molar-refractivity contribution is 5.98. The molecule has 140 valence electrons. The highest BCUT2D eigenvalue weighted by Gasteiger charge is 2.36. The van der Waals surface area contributed by atoms with Gasteiger partial charge in [-0.3, -0.25) is 9.59 Å². The Hall–Kier alpha value is -1.88. The van der Waals surface area contributed by atoms with Crippen molar-refractivity contribution in [2.24, 2.45) is 5.92 Å². The Morgan fingerprint density at radius 2 is 1.88 bits per heavy atom. The average molecular weight is 356 g/mol. The Labute approximate surface area is 155 Å². The van der Waals surface area contributed by atoms with Gasteiger partial charge in [-0.05, 0) is 62.6 Å². The lowest BCUT2D eigenvalue weighted by Crippen LogP contribution is -2.49. The number of nitrogens with one attached hydrogen (secondary N) is 1. The molecule has 1 aromatic rings. The second-order valence-electron chi connectivity index (χ2n) is 7.82. The second kappa shape index (κ2) is 7.78. The molecule has 4 rings (SSSR count). The van der Waals surface area contributed by atoms with Crippen molar-refractivity contribution in [3.63, 3.8) is 0 Å². The summed E-state index contributed by atoms with van der Waals surface area (Å²) in [5.74, 6) is 0.663. The maximum absolute atomic E-state index is 13.1. The van der Waals surface area contributed by atoms with Crippen LogP contribution in [0.2, 0.25) is 0 Å². The van der Waals surface area contributed by atoms with Gasteiger partial charge in [-0.2, -0.15) is 0 Å². The number of rotatable bonds is 3. The third-order valence-corrected chi connectivity index (χ3v) is 6.10. The summed E-state index contributed by atoms with van der Waals surface area (Å²) in [6.45, 7) is 1.50. The first-order chi connectivity index (χ1) is 12.7. The molecule has 5 nitrogen and oxygen atoms in total. The summed E-state index contributed by atoms with van der Waals surface area (Å²) in [7, 11) is 0. The van der Waals surface area contributed by atoms with E-state index in [1.807, 2.05) is 24.3 Å². The Morgan fingerprint density at radius 1 is 1.04 bits per heavy atom. The number of likely N-dealkylation sites (tertiary alicyclic amines) is 1. The fourth-order valence-corrected chi connectivity index (χ4v) is 4.78. The molecule has 0 spiro atoms. The molecular formula is C21H28N2O3. The van der Waals surface area contributed by atoms with Gasteiger partial charge >= 0.3 is 0 Å². The van der Waals surface area contributed by atoms with Crippen LogP contribution in [0.3, 0.4) is 0 Å². The van der Waals surface area contributed by atoms with Crippen LogP contribution in [0.5, 0.6) is 0 Å². The van der Waals surface area contributed by atoms with Crippen LogP contribution in [-0.2, 0) is 9.53 Å². The molecule has 3 atom stereocenters. The van der Waals surface area contributed by atoms with E-state index >= 15 is 0 Å². The summed E-state index contributed by atoms with van der Waals surface area (Å²) in [4.78, 5) is 27.5. The van der Waals surface area contributed by atoms with Crippen molar-refractivity contribution < 1.29 is 14.3 Å². The summed E-state index contributed by atoms with van der Waals surface area (Å²) in [5, 5.41) is 2.90. The van der Waals surface area contributed by atoms with Crippen LogP contribution in [0, 0.1) is 5.92 Å². The van der Waals surface area contributed by atoms with E-state index < -0.39 is 0 Å². The first kappa shape index (κ1) is 17.5. The minimum absolute atomic E-state index is 0.106.